The van der Waals surface area contributed by atoms with Crippen molar-refractivity contribution in [2.45, 2.75) is 39.9 Å². The van der Waals surface area contributed by atoms with Gasteiger partial charge in [-0.3, -0.25) is 0 Å². The minimum atomic E-state index is 0.303. The Bertz CT molecular complexity index is 496. The van der Waals surface area contributed by atoms with Gasteiger partial charge in [0.1, 0.15) is 18.0 Å². The highest BCUT2D eigenvalue weighted by Gasteiger charge is 2.11. The Labute approximate surface area is 100 Å². The molecule has 0 spiro atoms. The molecule has 2 aromatic heterocycles. The zero-order valence-corrected chi connectivity index (χ0v) is 10.5. The van der Waals surface area contributed by atoms with E-state index in [-0.39, 0.29) is 0 Å². The van der Waals surface area contributed by atoms with E-state index in [9.17, 15) is 0 Å². The summed E-state index contributed by atoms with van der Waals surface area (Å²) in [6, 6.07) is 0.303. The van der Waals surface area contributed by atoms with E-state index in [4.69, 9.17) is 5.73 Å². The molecule has 0 amide bonds. The zero-order chi connectivity index (χ0) is 12.4. The van der Waals surface area contributed by atoms with Crippen LogP contribution in [0.2, 0.25) is 0 Å². The van der Waals surface area contributed by atoms with Gasteiger partial charge in [-0.25, -0.2) is 14.6 Å². The van der Waals surface area contributed by atoms with Crippen LogP contribution in [0.3, 0.4) is 0 Å². The average Bonchev–Trinajstić information content (AvgIpc) is 2.88. The van der Waals surface area contributed by atoms with Crippen LogP contribution in [0, 0.1) is 6.92 Å². The van der Waals surface area contributed by atoms with Gasteiger partial charge in [-0.1, -0.05) is 0 Å². The lowest BCUT2D eigenvalue weighted by molar-refractivity contribution is 0.492. The molecule has 6 heteroatoms. The molecular weight excluding hydrogens is 216 g/mol. The Morgan fingerprint density at radius 2 is 2.12 bits per heavy atom. The van der Waals surface area contributed by atoms with Gasteiger partial charge in [0.15, 0.2) is 0 Å². The first kappa shape index (κ1) is 11.8. The number of aryl methyl sites for hydroxylation is 1. The summed E-state index contributed by atoms with van der Waals surface area (Å²) in [6.45, 7) is 7.29. The second kappa shape index (κ2) is 4.67. The molecule has 0 aliphatic rings. The van der Waals surface area contributed by atoms with Gasteiger partial charge in [-0.15, -0.1) is 0 Å². The summed E-state index contributed by atoms with van der Waals surface area (Å²) in [7, 11) is 0. The van der Waals surface area contributed by atoms with Crippen LogP contribution in [0.4, 0.5) is 0 Å². The highest BCUT2D eigenvalue weighted by molar-refractivity contribution is 5.06. The molecule has 0 radical (unpaired) electrons. The molecule has 0 saturated carbocycles. The molecule has 0 fully saturated rings. The Hall–Kier alpha value is -1.69. The van der Waals surface area contributed by atoms with Crippen molar-refractivity contribution < 1.29 is 0 Å². The van der Waals surface area contributed by atoms with Crippen LogP contribution in [0.15, 0.2) is 12.5 Å². The van der Waals surface area contributed by atoms with Crippen molar-refractivity contribution in [2.24, 2.45) is 5.73 Å². The Balaban J connectivity index is 2.31. The maximum atomic E-state index is 5.69. The van der Waals surface area contributed by atoms with E-state index in [0.29, 0.717) is 19.1 Å². The van der Waals surface area contributed by atoms with E-state index < -0.39 is 0 Å². The quantitative estimate of drug-likeness (QED) is 0.851. The van der Waals surface area contributed by atoms with Gasteiger partial charge >= 0.3 is 0 Å². The number of nitrogens with zero attached hydrogens (tertiary/aromatic N) is 5. The first-order valence-corrected chi connectivity index (χ1v) is 5.73. The smallest absolute Gasteiger partial charge is 0.147 e. The second-order valence-corrected chi connectivity index (χ2v) is 4.30. The minimum absolute atomic E-state index is 0.303. The monoisotopic (exact) mass is 234 g/mol. The number of nitrogens with two attached hydrogens (primary N) is 1. The predicted molar refractivity (Wildman–Crippen MR) is 64.4 cm³/mol. The van der Waals surface area contributed by atoms with E-state index in [2.05, 4.69) is 33.5 Å². The van der Waals surface area contributed by atoms with Crippen LogP contribution in [0.5, 0.6) is 0 Å². The van der Waals surface area contributed by atoms with E-state index in [1.54, 1.807) is 6.33 Å². The molecule has 2 rings (SSSR count). The summed E-state index contributed by atoms with van der Waals surface area (Å²) in [4.78, 5) is 8.56. The van der Waals surface area contributed by atoms with Crippen molar-refractivity contribution in [3.05, 3.63) is 29.9 Å². The van der Waals surface area contributed by atoms with Crippen LogP contribution in [-0.4, -0.2) is 24.3 Å². The molecule has 0 saturated heterocycles. The molecule has 0 aromatic carbocycles. The zero-order valence-electron chi connectivity index (χ0n) is 10.5. The molecular formula is C11H18N6. The molecule has 0 unspecified atom stereocenters. The van der Waals surface area contributed by atoms with Crippen LogP contribution < -0.4 is 5.73 Å². The summed E-state index contributed by atoms with van der Waals surface area (Å²) in [5, 5.41) is 4.22. The van der Waals surface area contributed by atoms with Gasteiger partial charge in [0, 0.05) is 18.8 Å². The molecule has 2 N–H and O–H groups in total. The van der Waals surface area contributed by atoms with Crippen LogP contribution in [0.25, 0.3) is 0 Å². The highest BCUT2D eigenvalue weighted by atomic mass is 15.4. The number of imidazole rings is 1. The van der Waals surface area contributed by atoms with Crippen molar-refractivity contribution in [2.75, 3.05) is 0 Å². The van der Waals surface area contributed by atoms with Gasteiger partial charge in [0.25, 0.3) is 0 Å². The van der Waals surface area contributed by atoms with Gasteiger partial charge in [0.05, 0.1) is 12.2 Å². The molecule has 2 heterocycles. The fraction of sp³-hybridized carbons (Fsp3) is 0.545. The summed E-state index contributed by atoms with van der Waals surface area (Å²) >= 11 is 0. The van der Waals surface area contributed by atoms with Gasteiger partial charge in [0.2, 0.25) is 0 Å². The predicted octanol–water partition coefficient (Wildman–Crippen LogP) is 0.871. The summed E-state index contributed by atoms with van der Waals surface area (Å²) < 4.78 is 3.99. The van der Waals surface area contributed by atoms with Crippen molar-refractivity contribution in [3.63, 3.8) is 0 Å². The first-order chi connectivity index (χ1) is 8.13. The fourth-order valence-electron chi connectivity index (χ4n) is 1.85. The van der Waals surface area contributed by atoms with Crippen molar-refractivity contribution >= 4 is 0 Å². The lowest BCUT2D eigenvalue weighted by Gasteiger charge is -2.12. The molecule has 0 aliphatic carbocycles. The van der Waals surface area contributed by atoms with E-state index >= 15 is 0 Å². The number of hydrogen-bond acceptors (Lipinski definition) is 4. The van der Waals surface area contributed by atoms with Crippen molar-refractivity contribution in [1.29, 1.82) is 0 Å². The molecule has 0 bridgehead atoms. The molecule has 6 nitrogen and oxygen atoms in total. The molecule has 0 atom stereocenters. The van der Waals surface area contributed by atoms with Crippen LogP contribution in [-0.2, 0) is 13.1 Å². The Morgan fingerprint density at radius 1 is 1.35 bits per heavy atom. The lowest BCUT2D eigenvalue weighted by atomic mass is 10.4. The van der Waals surface area contributed by atoms with Crippen LogP contribution in [0.1, 0.15) is 37.2 Å². The third-order valence-electron chi connectivity index (χ3n) is 2.78. The first-order valence-electron chi connectivity index (χ1n) is 5.73. The largest absolute Gasteiger partial charge is 0.325 e. The van der Waals surface area contributed by atoms with Gasteiger partial charge < -0.3 is 10.3 Å². The number of rotatable bonds is 4. The maximum Gasteiger partial charge on any atom is 0.147 e. The maximum absolute atomic E-state index is 5.69. The van der Waals surface area contributed by atoms with E-state index in [1.165, 1.54) is 0 Å². The van der Waals surface area contributed by atoms with E-state index in [0.717, 1.165) is 17.3 Å². The van der Waals surface area contributed by atoms with Crippen LogP contribution >= 0.6 is 0 Å². The molecule has 0 aliphatic heterocycles. The lowest BCUT2D eigenvalue weighted by Crippen LogP contribution is -2.15. The molecule has 17 heavy (non-hydrogen) atoms. The summed E-state index contributed by atoms with van der Waals surface area (Å²) in [6.07, 6.45) is 3.40. The topological polar surface area (TPSA) is 74.6 Å². The Morgan fingerprint density at radius 3 is 2.76 bits per heavy atom. The summed E-state index contributed by atoms with van der Waals surface area (Å²) in [5.41, 5.74) is 6.70. The normalized spacial score (nSPS) is 11.4. The molecule has 92 valence electrons. The van der Waals surface area contributed by atoms with Crippen molar-refractivity contribution in [1.82, 2.24) is 24.3 Å². The SMILES string of the molecule is Cc1ncc(CN)n1Cc1ncnn1C(C)C. The third-order valence-corrected chi connectivity index (χ3v) is 2.78. The van der Waals surface area contributed by atoms with Gasteiger partial charge in [-0.2, -0.15) is 5.10 Å². The highest BCUT2D eigenvalue weighted by Crippen LogP contribution is 2.10. The van der Waals surface area contributed by atoms with Gasteiger partial charge in [-0.05, 0) is 20.8 Å². The molecule has 2 aromatic rings. The minimum Gasteiger partial charge on any atom is -0.325 e. The standard InChI is InChI=1S/C11H18N6/c1-8(2)17-11(14-7-15-17)6-16-9(3)13-5-10(16)4-12/h5,7-8H,4,6,12H2,1-3H3. The third kappa shape index (κ3) is 2.21. The van der Waals surface area contributed by atoms with E-state index in [1.807, 2.05) is 17.8 Å². The summed E-state index contributed by atoms with van der Waals surface area (Å²) in [5.74, 6) is 1.87. The Kier molecular flexibility index (Phi) is 3.23. The second-order valence-electron chi connectivity index (χ2n) is 4.30. The van der Waals surface area contributed by atoms with Crippen molar-refractivity contribution in [3.8, 4) is 0 Å². The number of hydrogen-bond donors (Lipinski definition) is 1. The average molecular weight is 234 g/mol. The fourth-order valence-corrected chi connectivity index (χ4v) is 1.85. The number of aromatic nitrogens is 5.